The number of rotatable bonds is 2. The van der Waals surface area contributed by atoms with Gasteiger partial charge in [-0.15, -0.1) is 0 Å². The first kappa shape index (κ1) is 8.30. The second-order valence-electron chi connectivity index (χ2n) is 3.47. The molecule has 2 rings (SSSR count). The van der Waals surface area contributed by atoms with Gasteiger partial charge in [-0.05, 0) is 12.8 Å². The lowest BCUT2D eigenvalue weighted by atomic mass is 9.82. The summed E-state index contributed by atoms with van der Waals surface area (Å²) in [6.07, 6.45) is 6.15. The van der Waals surface area contributed by atoms with Gasteiger partial charge in [0.2, 0.25) is 0 Å². The second-order valence-corrected chi connectivity index (χ2v) is 4.04. The highest BCUT2D eigenvalue weighted by atomic mass is 79.9. The molecule has 0 saturated heterocycles. The minimum atomic E-state index is 0.749. The minimum Gasteiger partial charge on any atom is -0.275 e. The zero-order chi connectivity index (χ0) is 8.55. The number of hydrogen-bond acceptors (Lipinski definition) is 1. The van der Waals surface area contributed by atoms with Crippen molar-refractivity contribution in [2.24, 2.45) is 7.05 Å². The molecule has 0 amide bonds. The predicted molar refractivity (Wildman–Crippen MR) is 52.4 cm³/mol. The minimum absolute atomic E-state index is 0.749. The Kier molecular flexibility index (Phi) is 2.22. The van der Waals surface area contributed by atoms with E-state index in [1.807, 2.05) is 11.7 Å². The van der Waals surface area contributed by atoms with Gasteiger partial charge in [0.1, 0.15) is 0 Å². The van der Waals surface area contributed by atoms with Crippen LogP contribution in [0.1, 0.15) is 36.4 Å². The third-order valence-electron chi connectivity index (χ3n) is 2.57. The highest BCUT2D eigenvalue weighted by Crippen LogP contribution is 2.37. The number of aromatic nitrogens is 2. The molecule has 0 radical (unpaired) electrons. The molecule has 1 fully saturated rings. The Labute approximate surface area is 81.1 Å². The molecule has 12 heavy (non-hydrogen) atoms. The van der Waals surface area contributed by atoms with Crippen molar-refractivity contribution in [2.75, 3.05) is 0 Å². The van der Waals surface area contributed by atoms with Crippen molar-refractivity contribution in [1.82, 2.24) is 9.78 Å². The number of alkyl halides is 1. The fourth-order valence-electron chi connectivity index (χ4n) is 1.68. The molecule has 1 aromatic heterocycles. The van der Waals surface area contributed by atoms with Gasteiger partial charge >= 0.3 is 0 Å². The zero-order valence-electron chi connectivity index (χ0n) is 7.26. The van der Waals surface area contributed by atoms with Crippen LogP contribution in [-0.4, -0.2) is 9.78 Å². The number of nitrogens with zero attached hydrogens (tertiary/aromatic N) is 2. The molecule has 1 aromatic rings. The Bertz CT molecular complexity index is 276. The first-order chi connectivity index (χ1) is 5.81. The van der Waals surface area contributed by atoms with Crippen LogP contribution >= 0.6 is 15.9 Å². The van der Waals surface area contributed by atoms with Crippen LogP contribution in [0.4, 0.5) is 0 Å². The van der Waals surface area contributed by atoms with E-state index in [4.69, 9.17) is 0 Å². The van der Waals surface area contributed by atoms with Crippen LogP contribution in [0.3, 0.4) is 0 Å². The molecule has 0 unspecified atom stereocenters. The Morgan fingerprint density at radius 2 is 2.42 bits per heavy atom. The molecular formula is C9H13BrN2. The maximum absolute atomic E-state index is 4.49. The van der Waals surface area contributed by atoms with Crippen molar-refractivity contribution in [1.29, 1.82) is 0 Å². The van der Waals surface area contributed by atoms with Gasteiger partial charge < -0.3 is 0 Å². The molecule has 66 valence electrons. The van der Waals surface area contributed by atoms with Crippen LogP contribution in [-0.2, 0) is 12.4 Å². The van der Waals surface area contributed by atoms with E-state index in [-0.39, 0.29) is 0 Å². The molecule has 0 N–H and O–H groups in total. The summed E-state index contributed by atoms with van der Waals surface area (Å²) in [6, 6.07) is 0. The maximum Gasteiger partial charge on any atom is 0.0695 e. The van der Waals surface area contributed by atoms with E-state index in [0.29, 0.717) is 0 Å². The normalized spacial score (nSPS) is 17.8. The molecular weight excluding hydrogens is 216 g/mol. The molecule has 1 saturated carbocycles. The molecule has 0 atom stereocenters. The molecule has 1 heterocycles. The zero-order valence-corrected chi connectivity index (χ0v) is 8.84. The quantitative estimate of drug-likeness (QED) is 0.712. The average Bonchev–Trinajstić information content (AvgIpc) is 2.27. The first-order valence-electron chi connectivity index (χ1n) is 4.39. The average molecular weight is 229 g/mol. The Balaban J connectivity index is 2.27. The Morgan fingerprint density at radius 1 is 1.67 bits per heavy atom. The summed E-state index contributed by atoms with van der Waals surface area (Å²) in [5.41, 5.74) is 2.68. The SMILES string of the molecule is Cn1cc(CBr)c(C2CCC2)n1. The van der Waals surface area contributed by atoms with E-state index in [1.165, 1.54) is 30.5 Å². The van der Waals surface area contributed by atoms with E-state index < -0.39 is 0 Å². The first-order valence-corrected chi connectivity index (χ1v) is 5.52. The van der Waals surface area contributed by atoms with Gasteiger partial charge in [0.05, 0.1) is 5.69 Å². The van der Waals surface area contributed by atoms with E-state index >= 15 is 0 Å². The summed E-state index contributed by atoms with van der Waals surface area (Å²) in [5.74, 6) is 0.749. The van der Waals surface area contributed by atoms with Gasteiger partial charge in [-0.25, -0.2) is 0 Å². The molecule has 0 spiro atoms. The fourth-order valence-corrected chi connectivity index (χ4v) is 2.12. The van der Waals surface area contributed by atoms with Crippen molar-refractivity contribution in [3.05, 3.63) is 17.5 Å². The highest BCUT2D eigenvalue weighted by Gasteiger charge is 2.24. The van der Waals surface area contributed by atoms with Crippen LogP contribution < -0.4 is 0 Å². The molecule has 1 aliphatic carbocycles. The summed E-state index contributed by atoms with van der Waals surface area (Å²) < 4.78 is 1.92. The van der Waals surface area contributed by atoms with Crippen LogP contribution in [0, 0.1) is 0 Å². The molecule has 1 aliphatic rings. The van der Waals surface area contributed by atoms with Crippen LogP contribution in [0.5, 0.6) is 0 Å². The summed E-state index contributed by atoms with van der Waals surface area (Å²) >= 11 is 3.49. The van der Waals surface area contributed by atoms with Crippen molar-refractivity contribution >= 4 is 15.9 Å². The van der Waals surface area contributed by atoms with Gasteiger partial charge in [0.15, 0.2) is 0 Å². The van der Waals surface area contributed by atoms with E-state index in [0.717, 1.165) is 11.2 Å². The van der Waals surface area contributed by atoms with E-state index in [1.54, 1.807) is 0 Å². The summed E-state index contributed by atoms with van der Waals surface area (Å²) in [6.45, 7) is 0. The topological polar surface area (TPSA) is 17.8 Å². The third-order valence-corrected chi connectivity index (χ3v) is 3.18. The standard InChI is InChI=1S/C9H13BrN2/c1-12-6-8(5-10)9(11-12)7-3-2-4-7/h6-7H,2-5H2,1H3. The third kappa shape index (κ3) is 1.30. The molecule has 2 nitrogen and oxygen atoms in total. The highest BCUT2D eigenvalue weighted by molar-refractivity contribution is 9.08. The Hall–Kier alpha value is -0.310. The maximum atomic E-state index is 4.49. The molecule has 0 bridgehead atoms. The van der Waals surface area contributed by atoms with E-state index in [9.17, 15) is 0 Å². The molecule has 0 aliphatic heterocycles. The largest absolute Gasteiger partial charge is 0.275 e. The van der Waals surface area contributed by atoms with Crippen molar-refractivity contribution in [2.45, 2.75) is 30.5 Å². The summed E-state index contributed by atoms with van der Waals surface area (Å²) in [7, 11) is 1.99. The van der Waals surface area contributed by atoms with Gasteiger partial charge in [-0.3, -0.25) is 4.68 Å². The van der Waals surface area contributed by atoms with Crippen molar-refractivity contribution < 1.29 is 0 Å². The van der Waals surface area contributed by atoms with Gasteiger partial charge in [0.25, 0.3) is 0 Å². The second kappa shape index (κ2) is 3.21. The molecule has 0 aromatic carbocycles. The number of halogens is 1. The smallest absolute Gasteiger partial charge is 0.0695 e. The number of hydrogen-bond donors (Lipinski definition) is 0. The van der Waals surface area contributed by atoms with Crippen molar-refractivity contribution in [3.8, 4) is 0 Å². The molecule has 3 heteroatoms. The monoisotopic (exact) mass is 228 g/mol. The lowest BCUT2D eigenvalue weighted by Crippen LogP contribution is -2.11. The summed E-state index contributed by atoms with van der Waals surface area (Å²) in [4.78, 5) is 0. The lowest BCUT2D eigenvalue weighted by Gasteiger charge is -2.24. The number of aryl methyl sites for hydroxylation is 1. The summed E-state index contributed by atoms with van der Waals surface area (Å²) in [5, 5.41) is 5.43. The fraction of sp³-hybridized carbons (Fsp3) is 0.667. The van der Waals surface area contributed by atoms with Gasteiger partial charge in [-0.1, -0.05) is 22.4 Å². The van der Waals surface area contributed by atoms with Crippen LogP contribution in [0.15, 0.2) is 6.20 Å². The lowest BCUT2D eigenvalue weighted by molar-refractivity contribution is 0.406. The van der Waals surface area contributed by atoms with Crippen LogP contribution in [0.25, 0.3) is 0 Å². The predicted octanol–water partition coefficient (Wildman–Crippen LogP) is 2.58. The van der Waals surface area contributed by atoms with Gasteiger partial charge in [-0.2, -0.15) is 5.10 Å². The van der Waals surface area contributed by atoms with Crippen molar-refractivity contribution in [3.63, 3.8) is 0 Å². The Morgan fingerprint density at radius 3 is 2.92 bits per heavy atom. The van der Waals surface area contributed by atoms with E-state index in [2.05, 4.69) is 27.2 Å². The van der Waals surface area contributed by atoms with Crippen LogP contribution in [0.2, 0.25) is 0 Å². The van der Waals surface area contributed by atoms with Gasteiger partial charge in [0, 0.05) is 30.1 Å².